The Balaban J connectivity index is 0.000000366. The lowest BCUT2D eigenvalue weighted by Crippen LogP contribution is -2.41. The predicted molar refractivity (Wildman–Crippen MR) is 73.4 cm³/mol. The van der Waals surface area contributed by atoms with Gasteiger partial charge in [0.15, 0.2) is 0 Å². The van der Waals surface area contributed by atoms with E-state index in [2.05, 4.69) is 5.43 Å². The highest BCUT2D eigenvalue weighted by atomic mass is 35.5. The molecular weight excluding hydrogens is 259 g/mol. The van der Waals surface area contributed by atoms with E-state index < -0.39 is 5.24 Å². The van der Waals surface area contributed by atoms with Gasteiger partial charge < -0.3 is 0 Å². The second-order valence-electron chi connectivity index (χ2n) is 4.60. The molecule has 0 radical (unpaired) electrons. The zero-order valence-corrected chi connectivity index (χ0v) is 12.0. The maximum atomic E-state index is 10.7. The lowest BCUT2D eigenvalue weighted by molar-refractivity contribution is 0.108. The summed E-state index contributed by atoms with van der Waals surface area (Å²) in [6.07, 6.45) is 0. The molecule has 0 fully saturated rings. The molecule has 1 aromatic rings. The van der Waals surface area contributed by atoms with E-state index in [0.29, 0.717) is 10.6 Å². The van der Waals surface area contributed by atoms with Crippen molar-refractivity contribution in [2.75, 3.05) is 0 Å². The van der Waals surface area contributed by atoms with E-state index in [1.165, 1.54) is 0 Å². The van der Waals surface area contributed by atoms with Crippen molar-refractivity contribution in [1.82, 2.24) is 5.43 Å². The monoisotopic (exact) mass is 276 g/mol. The number of carbonyl (C=O) groups is 1. The van der Waals surface area contributed by atoms with Crippen molar-refractivity contribution in [2.45, 2.75) is 33.2 Å². The van der Waals surface area contributed by atoms with E-state index in [4.69, 9.17) is 29.0 Å². The van der Waals surface area contributed by atoms with Crippen LogP contribution in [-0.2, 0) is 0 Å². The van der Waals surface area contributed by atoms with E-state index in [0.717, 1.165) is 5.56 Å². The van der Waals surface area contributed by atoms with Gasteiger partial charge in [-0.2, -0.15) is 0 Å². The van der Waals surface area contributed by atoms with Crippen LogP contribution >= 0.6 is 23.2 Å². The van der Waals surface area contributed by atoms with E-state index in [-0.39, 0.29) is 5.54 Å². The third-order valence-electron chi connectivity index (χ3n) is 1.84. The predicted octanol–water partition coefficient (Wildman–Crippen LogP) is 3.28. The molecule has 0 aliphatic heterocycles. The van der Waals surface area contributed by atoms with Gasteiger partial charge >= 0.3 is 0 Å². The third-order valence-corrected chi connectivity index (χ3v) is 2.54. The Labute approximate surface area is 112 Å². The summed E-state index contributed by atoms with van der Waals surface area (Å²) in [5.74, 6) is 5.06. The average Bonchev–Trinajstić information content (AvgIpc) is 2.21. The second kappa shape index (κ2) is 6.97. The molecule has 0 aliphatic carbocycles. The number of hydrogen-bond donors (Lipinski definition) is 2. The van der Waals surface area contributed by atoms with Crippen molar-refractivity contribution in [3.63, 3.8) is 0 Å². The molecule has 1 aromatic carbocycles. The minimum absolute atomic E-state index is 0.0694. The van der Waals surface area contributed by atoms with Crippen LogP contribution in [0.2, 0.25) is 5.02 Å². The molecule has 0 atom stereocenters. The van der Waals surface area contributed by atoms with Gasteiger partial charge in [0.25, 0.3) is 5.24 Å². The Morgan fingerprint density at radius 2 is 1.82 bits per heavy atom. The van der Waals surface area contributed by atoms with Crippen molar-refractivity contribution >= 4 is 28.4 Å². The number of nitrogens with one attached hydrogen (secondary N) is 1. The Morgan fingerprint density at radius 1 is 1.35 bits per heavy atom. The quantitative estimate of drug-likeness (QED) is 0.470. The van der Waals surface area contributed by atoms with Gasteiger partial charge in [-0.05, 0) is 50.9 Å². The van der Waals surface area contributed by atoms with Crippen molar-refractivity contribution in [3.8, 4) is 0 Å². The van der Waals surface area contributed by atoms with Crippen molar-refractivity contribution in [3.05, 3.63) is 34.3 Å². The highest BCUT2D eigenvalue weighted by Gasteiger charge is 2.07. The molecule has 0 aliphatic rings. The largest absolute Gasteiger partial charge is 0.276 e. The molecule has 5 heteroatoms. The number of nitrogens with two attached hydrogens (primary N) is 1. The van der Waals surface area contributed by atoms with Crippen LogP contribution in [0.1, 0.15) is 36.7 Å². The van der Waals surface area contributed by atoms with Crippen LogP contribution < -0.4 is 11.3 Å². The summed E-state index contributed by atoms with van der Waals surface area (Å²) >= 11 is 11.0. The first-order valence-corrected chi connectivity index (χ1v) is 5.87. The van der Waals surface area contributed by atoms with Crippen LogP contribution in [0.15, 0.2) is 18.2 Å². The smallest absolute Gasteiger partial charge is 0.253 e. The lowest BCUT2D eigenvalue weighted by Gasteiger charge is -2.14. The van der Waals surface area contributed by atoms with Gasteiger partial charge in [-0.1, -0.05) is 23.7 Å². The molecule has 3 N–H and O–H groups in total. The van der Waals surface area contributed by atoms with Gasteiger partial charge in [0.05, 0.1) is 10.6 Å². The van der Waals surface area contributed by atoms with E-state index in [1.54, 1.807) is 12.1 Å². The van der Waals surface area contributed by atoms with E-state index in [1.807, 2.05) is 33.8 Å². The van der Waals surface area contributed by atoms with Crippen LogP contribution in [0.4, 0.5) is 0 Å². The van der Waals surface area contributed by atoms with Gasteiger partial charge in [-0.25, -0.2) is 0 Å². The molecule has 3 nitrogen and oxygen atoms in total. The Hall–Kier alpha value is -0.610. The molecule has 17 heavy (non-hydrogen) atoms. The lowest BCUT2D eigenvalue weighted by atomic mass is 10.1. The summed E-state index contributed by atoms with van der Waals surface area (Å²) in [5, 5.41) is -0.0776. The fourth-order valence-corrected chi connectivity index (χ4v) is 1.22. The highest BCUT2D eigenvalue weighted by Crippen LogP contribution is 2.21. The van der Waals surface area contributed by atoms with Crippen molar-refractivity contribution in [1.29, 1.82) is 0 Å². The normalized spacial score (nSPS) is 10.5. The number of carbonyl (C=O) groups excluding carboxylic acids is 1. The molecule has 0 spiro atoms. The molecular formula is C12H18Cl2N2O. The molecule has 0 saturated carbocycles. The first kappa shape index (κ1) is 16.4. The maximum Gasteiger partial charge on any atom is 0.253 e. The second-order valence-corrected chi connectivity index (χ2v) is 5.33. The number of hydrogen-bond acceptors (Lipinski definition) is 3. The summed E-state index contributed by atoms with van der Waals surface area (Å²) in [7, 11) is 0. The minimum Gasteiger partial charge on any atom is -0.276 e. The summed E-state index contributed by atoms with van der Waals surface area (Å²) in [6.45, 7) is 7.85. The fourth-order valence-electron chi connectivity index (χ4n) is 0.799. The number of rotatable bonds is 1. The average molecular weight is 277 g/mol. The Morgan fingerprint density at radius 3 is 2.12 bits per heavy atom. The number of benzene rings is 1. The number of hydrazine groups is 1. The van der Waals surface area contributed by atoms with Gasteiger partial charge in [-0.15, -0.1) is 0 Å². The Bertz CT molecular complexity index is 387. The minimum atomic E-state index is -0.515. The zero-order chi connectivity index (χ0) is 13.6. The summed E-state index contributed by atoms with van der Waals surface area (Å²) < 4.78 is 0. The van der Waals surface area contributed by atoms with E-state index >= 15 is 0 Å². The van der Waals surface area contributed by atoms with Gasteiger partial charge in [0, 0.05) is 5.54 Å². The maximum absolute atomic E-state index is 10.7. The summed E-state index contributed by atoms with van der Waals surface area (Å²) in [5.41, 5.74) is 3.90. The SMILES string of the molecule is CC(C)(C)NN.Cc1cccc(C(=O)Cl)c1Cl. The Kier molecular flexibility index (Phi) is 6.72. The summed E-state index contributed by atoms with van der Waals surface area (Å²) in [4.78, 5) is 10.7. The van der Waals surface area contributed by atoms with Gasteiger partial charge in [-0.3, -0.25) is 16.1 Å². The number of aryl methyl sites for hydroxylation is 1. The highest BCUT2D eigenvalue weighted by molar-refractivity contribution is 6.68. The molecule has 0 saturated heterocycles. The fraction of sp³-hybridized carbons (Fsp3) is 0.417. The molecule has 0 aromatic heterocycles. The van der Waals surface area contributed by atoms with Crippen molar-refractivity contribution in [2.24, 2.45) is 5.84 Å². The first-order chi connectivity index (χ1) is 7.69. The molecule has 0 amide bonds. The van der Waals surface area contributed by atoms with E-state index in [9.17, 15) is 4.79 Å². The molecule has 0 heterocycles. The molecule has 0 bridgehead atoms. The van der Waals surface area contributed by atoms with Crippen LogP contribution in [0.3, 0.4) is 0 Å². The topological polar surface area (TPSA) is 55.1 Å². The standard InChI is InChI=1S/C8H6Cl2O.C4H12N2/c1-5-3-2-4-6(7(5)9)8(10)11;1-4(2,3)6-5/h2-4H,1H3;6H,5H2,1-3H3. The first-order valence-electron chi connectivity index (χ1n) is 5.11. The van der Waals surface area contributed by atoms with Crippen LogP contribution in [0, 0.1) is 6.92 Å². The molecule has 0 unspecified atom stereocenters. The zero-order valence-electron chi connectivity index (χ0n) is 10.5. The van der Waals surface area contributed by atoms with Crippen LogP contribution in [0.5, 0.6) is 0 Å². The van der Waals surface area contributed by atoms with Crippen LogP contribution in [0.25, 0.3) is 0 Å². The number of halogens is 2. The molecule has 96 valence electrons. The third kappa shape index (κ3) is 6.64. The van der Waals surface area contributed by atoms with Crippen molar-refractivity contribution < 1.29 is 4.79 Å². The molecule has 1 rings (SSSR count). The summed E-state index contributed by atoms with van der Waals surface area (Å²) in [6, 6.07) is 5.17. The van der Waals surface area contributed by atoms with Gasteiger partial charge in [0.2, 0.25) is 0 Å². The van der Waals surface area contributed by atoms with Gasteiger partial charge in [0.1, 0.15) is 0 Å². The van der Waals surface area contributed by atoms with Crippen LogP contribution in [-0.4, -0.2) is 10.8 Å².